The summed E-state index contributed by atoms with van der Waals surface area (Å²) in [6.07, 6.45) is 4.86. The summed E-state index contributed by atoms with van der Waals surface area (Å²) < 4.78 is 1.83. The van der Waals surface area contributed by atoms with E-state index in [0.717, 1.165) is 14.5 Å². The third kappa shape index (κ3) is 2.84. The van der Waals surface area contributed by atoms with Gasteiger partial charge in [-0.3, -0.25) is 0 Å². The van der Waals surface area contributed by atoms with E-state index in [1.165, 1.54) is 0 Å². The molecular formula is C10H8Br2O. The van der Waals surface area contributed by atoms with Crippen molar-refractivity contribution in [3.63, 3.8) is 0 Å². The Hall–Kier alpha value is -0.300. The van der Waals surface area contributed by atoms with E-state index in [1.54, 1.807) is 0 Å². The highest BCUT2D eigenvalue weighted by molar-refractivity contribution is 9.11. The van der Waals surface area contributed by atoms with Gasteiger partial charge in [0.15, 0.2) is 0 Å². The third-order valence-corrected chi connectivity index (χ3v) is 2.81. The summed E-state index contributed by atoms with van der Waals surface area (Å²) in [6.45, 7) is 0. The molecule has 0 aliphatic carbocycles. The van der Waals surface area contributed by atoms with E-state index in [-0.39, 0.29) is 0 Å². The SMILES string of the molecule is C#CCC(O)c1ccc(Br)cc1Br. The van der Waals surface area contributed by atoms with E-state index in [2.05, 4.69) is 37.8 Å². The summed E-state index contributed by atoms with van der Waals surface area (Å²) in [7, 11) is 0. The van der Waals surface area contributed by atoms with Gasteiger partial charge in [0.2, 0.25) is 0 Å². The first-order valence-electron chi connectivity index (χ1n) is 3.71. The first-order chi connectivity index (χ1) is 6.15. The van der Waals surface area contributed by atoms with Crippen molar-refractivity contribution in [1.82, 2.24) is 0 Å². The van der Waals surface area contributed by atoms with Crippen LogP contribution in [0.4, 0.5) is 0 Å². The van der Waals surface area contributed by atoms with Gasteiger partial charge >= 0.3 is 0 Å². The van der Waals surface area contributed by atoms with Crippen LogP contribution in [0.3, 0.4) is 0 Å². The molecule has 0 radical (unpaired) electrons. The molecule has 3 heteroatoms. The molecule has 0 saturated carbocycles. The fourth-order valence-electron chi connectivity index (χ4n) is 0.993. The highest BCUT2D eigenvalue weighted by Crippen LogP contribution is 2.28. The van der Waals surface area contributed by atoms with Crippen LogP contribution in [0.15, 0.2) is 27.1 Å². The van der Waals surface area contributed by atoms with Crippen molar-refractivity contribution in [2.75, 3.05) is 0 Å². The van der Waals surface area contributed by atoms with Crippen molar-refractivity contribution in [2.45, 2.75) is 12.5 Å². The minimum atomic E-state index is -0.590. The van der Waals surface area contributed by atoms with E-state index < -0.39 is 6.10 Å². The summed E-state index contributed by atoms with van der Waals surface area (Å²) in [4.78, 5) is 0. The van der Waals surface area contributed by atoms with Gasteiger partial charge in [0.25, 0.3) is 0 Å². The summed E-state index contributed by atoms with van der Waals surface area (Å²) in [5.41, 5.74) is 0.821. The van der Waals surface area contributed by atoms with Crippen LogP contribution >= 0.6 is 31.9 Å². The van der Waals surface area contributed by atoms with Gasteiger partial charge in [-0.2, -0.15) is 0 Å². The highest BCUT2D eigenvalue weighted by atomic mass is 79.9. The summed E-state index contributed by atoms with van der Waals surface area (Å²) >= 11 is 6.69. The Balaban J connectivity index is 2.96. The molecule has 1 unspecified atom stereocenters. The molecule has 0 amide bonds. The Morgan fingerprint density at radius 1 is 1.46 bits per heavy atom. The Labute approximate surface area is 94.4 Å². The maximum atomic E-state index is 9.60. The molecule has 0 saturated heterocycles. The number of rotatable bonds is 2. The predicted molar refractivity (Wildman–Crippen MR) is 60.3 cm³/mol. The van der Waals surface area contributed by atoms with Crippen LogP contribution in [0.25, 0.3) is 0 Å². The lowest BCUT2D eigenvalue weighted by Crippen LogP contribution is -1.96. The molecule has 1 atom stereocenters. The zero-order valence-corrected chi connectivity index (χ0v) is 9.97. The molecular weight excluding hydrogens is 296 g/mol. The van der Waals surface area contributed by atoms with E-state index in [1.807, 2.05) is 18.2 Å². The maximum Gasteiger partial charge on any atom is 0.0910 e. The van der Waals surface area contributed by atoms with Crippen LogP contribution in [0, 0.1) is 12.3 Å². The zero-order chi connectivity index (χ0) is 9.84. The van der Waals surface area contributed by atoms with Gasteiger partial charge in [-0.05, 0) is 17.7 Å². The molecule has 0 aliphatic rings. The lowest BCUT2D eigenvalue weighted by Gasteiger charge is -2.09. The minimum Gasteiger partial charge on any atom is -0.387 e. The summed E-state index contributed by atoms with van der Waals surface area (Å²) in [5, 5.41) is 9.60. The predicted octanol–water partition coefficient (Wildman–Crippen LogP) is 3.27. The van der Waals surface area contributed by atoms with Crippen molar-refractivity contribution in [3.05, 3.63) is 32.7 Å². The van der Waals surface area contributed by atoms with Gasteiger partial charge < -0.3 is 5.11 Å². The van der Waals surface area contributed by atoms with Gasteiger partial charge in [-0.25, -0.2) is 0 Å². The molecule has 1 aromatic carbocycles. The Kier molecular flexibility index (Phi) is 3.98. The van der Waals surface area contributed by atoms with Gasteiger partial charge in [0.1, 0.15) is 0 Å². The molecule has 0 spiro atoms. The Morgan fingerprint density at radius 2 is 2.15 bits per heavy atom. The number of benzene rings is 1. The van der Waals surface area contributed by atoms with Gasteiger partial charge in [0, 0.05) is 15.4 Å². The van der Waals surface area contributed by atoms with E-state index in [9.17, 15) is 5.11 Å². The molecule has 0 fully saturated rings. The number of hydrogen-bond donors (Lipinski definition) is 1. The number of hydrogen-bond acceptors (Lipinski definition) is 1. The van der Waals surface area contributed by atoms with Crippen molar-refractivity contribution < 1.29 is 5.11 Å². The fraction of sp³-hybridized carbons (Fsp3) is 0.200. The average molecular weight is 304 g/mol. The van der Waals surface area contributed by atoms with E-state index >= 15 is 0 Å². The standard InChI is InChI=1S/C10H8Br2O/c1-2-3-10(13)8-5-4-7(11)6-9(8)12/h1,4-6,10,13H,3H2. The van der Waals surface area contributed by atoms with Crippen molar-refractivity contribution >= 4 is 31.9 Å². The monoisotopic (exact) mass is 302 g/mol. The second-order valence-electron chi connectivity index (χ2n) is 2.59. The van der Waals surface area contributed by atoms with Crippen LogP contribution < -0.4 is 0 Å². The minimum absolute atomic E-state index is 0.334. The first kappa shape index (κ1) is 10.8. The first-order valence-corrected chi connectivity index (χ1v) is 5.30. The Bertz CT molecular complexity index is 341. The van der Waals surface area contributed by atoms with Crippen LogP contribution in [0.2, 0.25) is 0 Å². The van der Waals surface area contributed by atoms with Crippen LogP contribution in [-0.4, -0.2) is 5.11 Å². The van der Waals surface area contributed by atoms with E-state index in [4.69, 9.17) is 6.42 Å². The Morgan fingerprint density at radius 3 is 2.69 bits per heavy atom. The lowest BCUT2D eigenvalue weighted by molar-refractivity contribution is 0.183. The molecule has 1 nitrogen and oxygen atoms in total. The largest absolute Gasteiger partial charge is 0.387 e. The smallest absolute Gasteiger partial charge is 0.0910 e. The number of halogens is 2. The lowest BCUT2D eigenvalue weighted by atomic mass is 10.1. The topological polar surface area (TPSA) is 20.2 Å². The number of aliphatic hydroxyl groups is 1. The fourth-order valence-corrected chi connectivity index (χ4v) is 2.30. The molecule has 1 rings (SSSR count). The quantitative estimate of drug-likeness (QED) is 0.832. The number of aliphatic hydroxyl groups excluding tert-OH is 1. The molecule has 1 aromatic rings. The van der Waals surface area contributed by atoms with Crippen LogP contribution in [0.5, 0.6) is 0 Å². The van der Waals surface area contributed by atoms with Gasteiger partial charge in [-0.1, -0.05) is 37.9 Å². The second-order valence-corrected chi connectivity index (χ2v) is 4.36. The number of terminal acetylenes is 1. The molecule has 13 heavy (non-hydrogen) atoms. The molecule has 0 heterocycles. The van der Waals surface area contributed by atoms with Crippen molar-refractivity contribution in [1.29, 1.82) is 0 Å². The molecule has 0 aliphatic heterocycles. The molecule has 1 N–H and O–H groups in total. The maximum absolute atomic E-state index is 9.60. The van der Waals surface area contributed by atoms with Crippen molar-refractivity contribution in [3.8, 4) is 12.3 Å². The normalized spacial score (nSPS) is 12.2. The van der Waals surface area contributed by atoms with Gasteiger partial charge in [0.05, 0.1) is 6.10 Å². The van der Waals surface area contributed by atoms with Crippen molar-refractivity contribution in [2.24, 2.45) is 0 Å². The molecule has 68 valence electrons. The molecule has 0 aromatic heterocycles. The third-order valence-electron chi connectivity index (χ3n) is 1.63. The summed E-state index contributed by atoms with van der Waals surface area (Å²) in [5.74, 6) is 2.43. The van der Waals surface area contributed by atoms with E-state index in [0.29, 0.717) is 6.42 Å². The average Bonchev–Trinajstić information content (AvgIpc) is 2.04. The summed E-state index contributed by atoms with van der Waals surface area (Å²) in [6, 6.07) is 5.60. The highest BCUT2D eigenvalue weighted by Gasteiger charge is 2.09. The van der Waals surface area contributed by atoms with Crippen LogP contribution in [-0.2, 0) is 0 Å². The van der Waals surface area contributed by atoms with Gasteiger partial charge in [-0.15, -0.1) is 12.3 Å². The zero-order valence-electron chi connectivity index (χ0n) is 6.80. The van der Waals surface area contributed by atoms with Crippen LogP contribution in [0.1, 0.15) is 18.1 Å². The second kappa shape index (κ2) is 4.80. The molecule has 0 bridgehead atoms.